The fourth-order valence-corrected chi connectivity index (χ4v) is 1.17. The smallest absolute Gasteiger partial charge is 0.306 e. The first-order valence-electron chi connectivity index (χ1n) is 4.72. The molecule has 0 aliphatic rings. The van der Waals surface area contributed by atoms with Gasteiger partial charge < -0.3 is 14.9 Å². The monoisotopic (exact) mass is 228 g/mol. The number of phenolic OH excluding ortho intramolecular Hbond substituents is 1. The summed E-state index contributed by atoms with van der Waals surface area (Å²) in [7, 11) is 0. The molecule has 1 unspecified atom stereocenters. The molecule has 1 aromatic carbocycles. The Bertz CT molecular complexity index is 376. The molecule has 1 rings (SSSR count). The highest BCUT2D eigenvalue weighted by atomic mass is 19.1. The van der Waals surface area contributed by atoms with Gasteiger partial charge in [0.05, 0.1) is 6.42 Å². The average molecular weight is 228 g/mol. The van der Waals surface area contributed by atoms with E-state index < -0.39 is 24.7 Å². The minimum Gasteiger partial charge on any atom is -0.504 e. The van der Waals surface area contributed by atoms with Crippen LogP contribution in [0.5, 0.6) is 11.5 Å². The van der Waals surface area contributed by atoms with E-state index in [1.165, 1.54) is 12.1 Å². The maximum absolute atomic E-state index is 13.6. The number of aliphatic carboxylic acids is 1. The van der Waals surface area contributed by atoms with Gasteiger partial charge in [-0.1, -0.05) is 12.1 Å². The van der Waals surface area contributed by atoms with E-state index in [0.29, 0.717) is 0 Å². The summed E-state index contributed by atoms with van der Waals surface area (Å²) >= 11 is 0. The molecule has 0 saturated carbocycles. The van der Waals surface area contributed by atoms with Crippen LogP contribution in [0.4, 0.5) is 4.39 Å². The standard InChI is InChI=1S/C11H13FO4/c1-11(12,6-10(14)15)7-16-9-5-3-2-4-8(9)13/h2-5,13H,6-7H2,1H3,(H,14,15). The van der Waals surface area contributed by atoms with Gasteiger partial charge in [0.25, 0.3) is 0 Å². The Morgan fingerprint density at radius 3 is 2.69 bits per heavy atom. The summed E-state index contributed by atoms with van der Waals surface area (Å²) in [5, 5.41) is 17.8. The normalized spacial score (nSPS) is 14.1. The molecule has 0 saturated heterocycles. The first kappa shape index (κ1) is 12.3. The first-order chi connectivity index (χ1) is 7.41. The topological polar surface area (TPSA) is 66.8 Å². The summed E-state index contributed by atoms with van der Waals surface area (Å²) in [6, 6.07) is 6.12. The predicted octanol–water partition coefficient (Wildman–Crippen LogP) is 1.97. The molecule has 0 spiro atoms. The highest BCUT2D eigenvalue weighted by molar-refractivity contribution is 5.68. The Balaban J connectivity index is 2.57. The second-order valence-corrected chi connectivity index (χ2v) is 3.74. The first-order valence-corrected chi connectivity index (χ1v) is 4.72. The van der Waals surface area contributed by atoms with Crippen LogP contribution in [0.15, 0.2) is 24.3 Å². The number of hydrogen-bond donors (Lipinski definition) is 2. The summed E-state index contributed by atoms with van der Waals surface area (Å²) in [5.74, 6) is -1.20. The maximum atomic E-state index is 13.6. The summed E-state index contributed by atoms with van der Waals surface area (Å²) in [5.41, 5.74) is -1.96. The number of rotatable bonds is 5. The van der Waals surface area contributed by atoms with Gasteiger partial charge in [0.1, 0.15) is 6.61 Å². The number of hydrogen-bond acceptors (Lipinski definition) is 3. The van der Waals surface area contributed by atoms with Gasteiger partial charge in [-0.3, -0.25) is 4.79 Å². The van der Waals surface area contributed by atoms with Gasteiger partial charge in [0, 0.05) is 0 Å². The zero-order valence-corrected chi connectivity index (χ0v) is 8.81. The molecule has 4 nitrogen and oxygen atoms in total. The molecular formula is C11H13FO4. The van der Waals surface area contributed by atoms with E-state index in [9.17, 15) is 14.3 Å². The lowest BCUT2D eigenvalue weighted by atomic mass is 10.1. The Kier molecular flexibility index (Phi) is 3.71. The average Bonchev–Trinajstić information content (AvgIpc) is 2.14. The van der Waals surface area contributed by atoms with E-state index >= 15 is 0 Å². The van der Waals surface area contributed by atoms with Crippen LogP contribution < -0.4 is 4.74 Å². The number of para-hydroxylation sites is 2. The number of alkyl halides is 1. The third-order valence-corrected chi connectivity index (χ3v) is 1.91. The van der Waals surface area contributed by atoms with E-state index in [1.807, 2.05) is 0 Å². The van der Waals surface area contributed by atoms with Gasteiger partial charge in [0.2, 0.25) is 0 Å². The zero-order chi connectivity index (χ0) is 12.2. The quantitative estimate of drug-likeness (QED) is 0.808. The van der Waals surface area contributed by atoms with E-state index in [0.717, 1.165) is 6.92 Å². The fraction of sp³-hybridized carbons (Fsp3) is 0.364. The highest BCUT2D eigenvalue weighted by Crippen LogP contribution is 2.26. The van der Waals surface area contributed by atoms with Gasteiger partial charge >= 0.3 is 5.97 Å². The van der Waals surface area contributed by atoms with Crippen molar-refractivity contribution in [3.05, 3.63) is 24.3 Å². The molecule has 5 heteroatoms. The minimum absolute atomic E-state index is 0.103. The van der Waals surface area contributed by atoms with Gasteiger partial charge in [0.15, 0.2) is 17.2 Å². The lowest BCUT2D eigenvalue weighted by Crippen LogP contribution is -2.30. The van der Waals surface area contributed by atoms with Crippen LogP contribution in [-0.2, 0) is 4.79 Å². The summed E-state index contributed by atoms with van der Waals surface area (Å²) < 4.78 is 18.6. The number of benzene rings is 1. The van der Waals surface area contributed by atoms with Crippen molar-refractivity contribution in [1.82, 2.24) is 0 Å². The molecule has 0 aliphatic heterocycles. The number of halogens is 1. The molecule has 1 atom stereocenters. The Hall–Kier alpha value is -1.78. The number of ether oxygens (including phenoxy) is 1. The van der Waals surface area contributed by atoms with Crippen molar-refractivity contribution in [3.63, 3.8) is 0 Å². The van der Waals surface area contributed by atoms with Gasteiger partial charge in [-0.2, -0.15) is 0 Å². The lowest BCUT2D eigenvalue weighted by molar-refractivity contribution is -0.140. The zero-order valence-electron chi connectivity index (χ0n) is 8.81. The minimum atomic E-state index is -1.96. The van der Waals surface area contributed by atoms with Crippen molar-refractivity contribution in [2.24, 2.45) is 0 Å². The fourth-order valence-electron chi connectivity index (χ4n) is 1.17. The van der Waals surface area contributed by atoms with Crippen LogP contribution in [-0.4, -0.2) is 28.5 Å². The predicted molar refractivity (Wildman–Crippen MR) is 55.4 cm³/mol. The molecule has 2 N–H and O–H groups in total. The van der Waals surface area contributed by atoms with E-state index in [2.05, 4.69) is 0 Å². The Morgan fingerprint density at radius 1 is 1.50 bits per heavy atom. The third-order valence-electron chi connectivity index (χ3n) is 1.91. The Labute approximate surface area is 92.3 Å². The molecule has 88 valence electrons. The molecule has 0 bridgehead atoms. The van der Waals surface area contributed by atoms with E-state index in [-0.39, 0.29) is 11.5 Å². The van der Waals surface area contributed by atoms with Crippen molar-refractivity contribution < 1.29 is 24.1 Å². The Morgan fingerprint density at radius 2 is 2.12 bits per heavy atom. The van der Waals surface area contributed by atoms with Crippen molar-refractivity contribution in [2.45, 2.75) is 19.0 Å². The number of carboxylic acid groups (broad SMARTS) is 1. The van der Waals surface area contributed by atoms with Crippen LogP contribution in [0.3, 0.4) is 0 Å². The molecule has 0 fully saturated rings. The van der Waals surface area contributed by atoms with E-state index in [4.69, 9.17) is 9.84 Å². The van der Waals surface area contributed by atoms with Crippen LogP contribution >= 0.6 is 0 Å². The van der Waals surface area contributed by atoms with Gasteiger partial charge in [-0.25, -0.2) is 4.39 Å². The lowest BCUT2D eigenvalue weighted by Gasteiger charge is -2.18. The molecule has 1 aromatic rings. The van der Waals surface area contributed by atoms with Gasteiger partial charge in [-0.05, 0) is 19.1 Å². The van der Waals surface area contributed by atoms with Crippen LogP contribution in [0.1, 0.15) is 13.3 Å². The molecule has 0 aliphatic carbocycles. The molecule has 16 heavy (non-hydrogen) atoms. The second kappa shape index (κ2) is 4.83. The van der Waals surface area contributed by atoms with Crippen molar-refractivity contribution >= 4 is 5.97 Å². The molecule has 0 aromatic heterocycles. The summed E-state index contributed by atoms with van der Waals surface area (Å²) in [4.78, 5) is 10.3. The SMILES string of the molecule is CC(F)(COc1ccccc1O)CC(=O)O. The highest BCUT2D eigenvalue weighted by Gasteiger charge is 2.28. The number of aromatic hydroxyl groups is 1. The molecule has 0 radical (unpaired) electrons. The second-order valence-electron chi connectivity index (χ2n) is 3.74. The van der Waals surface area contributed by atoms with Crippen molar-refractivity contribution in [1.29, 1.82) is 0 Å². The van der Waals surface area contributed by atoms with E-state index in [1.54, 1.807) is 12.1 Å². The number of carbonyl (C=O) groups is 1. The number of phenols is 1. The summed E-state index contributed by atoms with van der Waals surface area (Å²) in [6.07, 6.45) is -0.638. The van der Waals surface area contributed by atoms with Crippen LogP contribution in [0.2, 0.25) is 0 Å². The van der Waals surface area contributed by atoms with Crippen LogP contribution in [0.25, 0.3) is 0 Å². The molecule has 0 amide bonds. The maximum Gasteiger partial charge on any atom is 0.306 e. The molecule has 0 heterocycles. The summed E-state index contributed by atoms with van der Waals surface area (Å²) in [6.45, 7) is 0.720. The van der Waals surface area contributed by atoms with Crippen LogP contribution in [0, 0.1) is 0 Å². The van der Waals surface area contributed by atoms with Crippen molar-refractivity contribution in [3.8, 4) is 11.5 Å². The molecular weight excluding hydrogens is 215 g/mol. The largest absolute Gasteiger partial charge is 0.504 e. The number of carboxylic acids is 1. The van der Waals surface area contributed by atoms with Crippen molar-refractivity contribution in [2.75, 3.05) is 6.61 Å². The van der Waals surface area contributed by atoms with Gasteiger partial charge in [-0.15, -0.1) is 0 Å². The third kappa shape index (κ3) is 3.76.